The molecule has 0 saturated heterocycles. The molecule has 0 aliphatic heterocycles. The summed E-state index contributed by atoms with van der Waals surface area (Å²) < 4.78 is 6.58. The summed E-state index contributed by atoms with van der Waals surface area (Å²) in [6.07, 6.45) is 1.84. The van der Waals surface area contributed by atoms with E-state index in [0.717, 1.165) is 12.3 Å². The Labute approximate surface area is 114 Å². The lowest BCUT2D eigenvalue weighted by Gasteiger charge is -2.14. The van der Waals surface area contributed by atoms with Gasteiger partial charge < -0.3 is 9.73 Å². The molecule has 2 aromatic heterocycles. The molecule has 0 aromatic carbocycles. The molecule has 1 atom stereocenters. The molecular formula is C13H16BrNOS. The zero-order valence-electron chi connectivity index (χ0n) is 10.2. The predicted octanol–water partition coefficient (Wildman–Crippen LogP) is 4.42. The van der Waals surface area contributed by atoms with Crippen molar-refractivity contribution in [1.82, 2.24) is 5.32 Å². The maximum absolute atomic E-state index is 5.40. The quantitative estimate of drug-likeness (QED) is 0.904. The highest BCUT2D eigenvalue weighted by Gasteiger charge is 2.18. The first-order valence-electron chi connectivity index (χ1n) is 5.66. The molecule has 0 radical (unpaired) electrons. The van der Waals surface area contributed by atoms with Gasteiger partial charge in [0, 0.05) is 19.8 Å². The van der Waals surface area contributed by atoms with Crippen LogP contribution in [0, 0.1) is 13.8 Å². The van der Waals surface area contributed by atoms with Crippen molar-refractivity contribution in [2.75, 3.05) is 6.54 Å². The van der Waals surface area contributed by atoms with Crippen LogP contribution in [0.4, 0.5) is 0 Å². The van der Waals surface area contributed by atoms with Gasteiger partial charge in [0.2, 0.25) is 0 Å². The first-order valence-corrected chi connectivity index (χ1v) is 7.27. The monoisotopic (exact) mass is 313 g/mol. The Balaban J connectivity index is 2.34. The van der Waals surface area contributed by atoms with Crippen molar-refractivity contribution in [3.05, 3.63) is 43.9 Å². The van der Waals surface area contributed by atoms with E-state index in [-0.39, 0.29) is 6.04 Å². The first-order chi connectivity index (χ1) is 8.11. The van der Waals surface area contributed by atoms with Crippen molar-refractivity contribution in [3.63, 3.8) is 0 Å². The predicted molar refractivity (Wildman–Crippen MR) is 75.7 cm³/mol. The van der Waals surface area contributed by atoms with E-state index >= 15 is 0 Å². The normalized spacial score (nSPS) is 12.9. The van der Waals surface area contributed by atoms with Crippen LogP contribution < -0.4 is 5.32 Å². The number of furan rings is 1. The minimum absolute atomic E-state index is 0.229. The Bertz CT molecular complexity index is 484. The highest BCUT2D eigenvalue weighted by molar-refractivity contribution is 9.10. The fourth-order valence-electron chi connectivity index (χ4n) is 1.83. The van der Waals surface area contributed by atoms with Crippen molar-refractivity contribution >= 4 is 27.3 Å². The fraction of sp³-hybridized carbons (Fsp3) is 0.385. The molecule has 1 unspecified atom stereocenters. The Hall–Kier alpha value is -0.580. The minimum Gasteiger partial charge on any atom is -0.469 e. The third kappa shape index (κ3) is 2.81. The number of halogens is 1. The highest BCUT2D eigenvalue weighted by Crippen LogP contribution is 2.34. The summed E-state index contributed by atoms with van der Waals surface area (Å²) in [6, 6.07) is 4.51. The number of hydrogen-bond donors (Lipinski definition) is 1. The molecule has 0 aliphatic carbocycles. The van der Waals surface area contributed by atoms with Gasteiger partial charge in [-0.2, -0.15) is 0 Å². The summed E-state index contributed by atoms with van der Waals surface area (Å²) in [5.41, 5.74) is 1.19. The van der Waals surface area contributed by atoms with Gasteiger partial charge in [-0.25, -0.2) is 0 Å². The average molecular weight is 314 g/mol. The first kappa shape index (κ1) is 12.9. The summed E-state index contributed by atoms with van der Waals surface area (Å²) in [6.45, 7) is 7.16. The SMILES string of the molecule is CCNC(c1coc(C)c1)c1cc(Br)c(C)s1. The molecule has 92 valence electrons. The van der Waals surface area contributed by atoms with Crippen LogP contribution >= 0.6 is 27.3 Å². The second-order valence-corrected chi connectivity index (χ2v) is 6.18. The van der Waals surface area contributed by atoms with Crippen molar-refractivity contribution in [3.8, 4) is 0 Å². The molecule has 0 fully saturated rings. The molecule has 2 heterocycles. The molecule has 17 heavy (non-hydrogen) atoms. The smallest absolute Gasteiger partial charge is 0.101 e. The number of nitrogens with one attached hydrogen (secondary N) is 1. The van der Waals surface area contributed by atoms with E-state index in [2.05, 4.69) is 47.2 Å². The summed E-state index contributed by atoms with van der Waals surface area (Å²) in [7, 11) is 0. The lowest BCUT2D eigenvalue weighted by molar-refractivity contribution is 0.526. The molecule has 1 N–H and O–H groups in total. The van der Waals surface area contributed by atoms with Gasteiger partial charge in [-0.15, -0.1) is 11.3 Å². The lowest BCUT2D eigenvalue weighted by atomic mass is 10.1. The van der Waals surface area contributed by atoms with Gasteiger partial charge in [-0.3, -0.25) is 0 Å². The van der Waals surface area contributed by atoms with E-state index < -0.39 is 0 Å². The molecule has 2 nitrogen and oxygen atoms in total. The Kier molecular flexibility index (Phi) is 4.07. The average Bonchev–Trinajstić information content (AvgIpc) is 2.83. The Morgan fingerprint density at radius 2 is 2.18 bits per heavy atom. The lowest BCUT2D eigenvalue weighted by Crippen LogP contribution is -2.20. The van der Waals surface area contributed by atoms with Crippen molar-refractivity contribution in [1.29, 1.82) is 0 Å². The highest BCUT2D eigenvalue weighted by atomic mass is 79.9. The van der Waals surface area contributed by atoms with E-state index in [1.807, 2.05) is 24.5 Å². The molecule has 2 rings (SSSR count). The molecule has 0 saturated carbocycles. The van der Waals surface area contributed by atoms with E-state index in [4.69, 9.17) is 4.42 Å². The molecule has 0 amide bonds. The van der Waals surface area contributed by atoms with E-state index in [1.165, 1.54) is 19.8 Å². The number of hydrogen-bond acceptors (Lipinski definition) is 3. The van der Waals surface area contributed by atoms with Crippen LogP contribution in [0.25, 0.3) is 0 Å². The van der Waals surface area contributed by atoms with E-state index in [0.29, 0.717) is 0 Å². The number of rotatable bonds is 4. The van der Waals surface area contributed by atoms with E-state index in [1.54, 1.807) is 0 Å². The van der Waals surface area contributed by atoms with Crippen molar-refractivity contribution in [2.24, 2.45) is 0 Å². The third-order valence-electron chi connectivity index (χ3n) is 2.65. The zero-order chi connectivity index (χ0) is 12.4. The maximum atomic E-state index is 5.40. The fourth-order valence-corrected chi connectivity index (χ4v) is 3.49. The Morgan fingerprint density at radius 3 is 2.65 bits per heavy atom. The van der Waals surface area contributed by atoms with Crippen LogP contribution in [0.3, 0.4) is 0 Å². The largest absolute Gasteiger partial charge is 0.469 e. The van der Waals surface area contributed by atoms with Crippen LogP contribution in [0.5, 0.6) is 0 Å². The van der Waals surface area contributed by atoms with E-state index in [9.17, 15) is 0 Å². The van der Waals surface area contributed by atoms with Gasteiger partial charge in [0.1, 0.15) is 5.76 Å². The van der Waals surface area contributed by atoms with Crippen LogP contribution in [0.15, 0.2) is 27.3 Å². The number of thiophene rings is 1. The molecule has 4 heteroatoms. The third-order valence-corrected chi connectivity index (χ3v) is 4.85. The second kappa shape index (κ2) is 5.38. The summed E-state index contributed by atoms with van der Waals surface area (Å²) in [5, 5.41) is 3.50. The van der Waals surface area contributed by atoms with Gasteiger partial charge >= 0.3 is 0 Å². The molecule has 0 spiro atoms. The van der Waals surface area contributed by atoms with Gasteiger partial charge in [-0.05, 0) is 48.5 Å². The minimum atomic E-state index is 0.229. The topological polar surface area (TPSA) is 25.2 Å². The zero-order valence-corrected chi connectivity index (χ0v) is 12.6. The van der Waals surface area contributed by atoms with Crippen LogP contribution in [-0.4, -0.2) is 6.54 Å². The molecular weight excluding hydrogens is 298 g/mol. The molecule has 0 aliphatic rings. The van der Waals surface area contributed by atoms with Crippen molar-refractivity contribution in [2.45, 2.75) is 26.8 Å². The van der Waals surface area contributed by atoms with Gasteiger partial charge in [0.25, 0.3) is 0 Å². The van der Waals surface area contributed by atoms with Crippen LogP contribution in [-0.2, 0) is 0 Å². The summed E-state index contributed by atoms with van der Waals surface area (Å²) in [5.74, 6) is 0.954. The maximum Gasteiger partial charge on any atom is 0.101 e. The van der Waals surface area contributed by atoms with Gasteiger partial charge in [0.15, 0.2) is 0 Å². The molecule has 0 bridgehead atoms. The van der Waals surface area contributed by atoms with Crippen molar-refractivity contribution < 1.29 is 4.42 Å². The van der Waals surface area contributed by atoms with Gasteiger partial charge in [0.05, 0.1) is 12.3 Å². The Morgan fingerprint density at radius 1 is 1.41 bits per heavy atom. The second-order valence-electron chi connectivity index (χ2n) is 4.03. The molecule has 2 aromatic rings. The van der Waals surface area contributed by atoms with Gasteiger partial charge in [-0.1, -0.05) is 6.92 Å². The van der Waals surface area contributed by atoms with Crippen LogP contribution in [0.2, 0.25) is 0 Å². The summed E-state index contributed by atoms with van der Waals surface area (Å²) >= 11 is 5.39. The van der Waals surface area contributed by atoms with Crippen LogP contribution in [0.1, 0.15) is 34.0 Å². The standard InChI is InChI=1S/C13H16BrNOS/c1-4-15-13(10-5-8(2)16-7-10)12-6-11(14)9(3)17-12/h5-7,13,15H,4H2,1-3H3. The number of aryl methyl sites for hydroxylation is 2. The summed E-state index contributed by atoms with van der Waals surface area (Å²) in [4.78, 5) is 2.63.